The normalized spacial score (nSPS) is 10.4. The van der Waals surface area contributed by atoms with E-state index >= 15 is 0 Å². The van der Waals surface area contributed by atoms with Crippen molar-refractivity contribution in [1.82, 2.24) is 0 Å². The van der Waals surface area contributed by atoms with Crippen LogP contribution in [0.4, 0.5) is 4.39 Å². The summed E-state index contributed by atoms with van der Waals surface area (Å²) in [7, 11) is -1.69. The molecule has 6 heteroatoms. The summed E-state index contributed by atoms with van der Waals surface area (Å²) in [6.07, 6.45) is 0. The maximum atomic E-state index is 13.3. The molecular formula is C15H16BFO4. The van der Waals surface area contributed by atoms with E-state index in [0.717, 1.165) is 11.8 Å². The van der Waals surface area contributed by atoms with Gasteiger partial charge >= 0.3 is 7.12 Å². The largest absolute Gasteiger partial charge is 0.491 e. The van der Waals surface area contributed by atoms with Crippen LogP contribution in [0.1, 0.15) is 5.56 Å². The van der Waals surface area contributed by atoms with Crippen LogP contribution in [0.15, 0.2) is 48.5 Å². The molecule has 0 unspecified atom stereocenters. The average Bonchev–Trinajstić information content (AvgIpc) is 2.47. The van der Waals surface area contributed by atoms with Gasteiger partial charge in [-0.05, 0) is 35.3 Å². The molecule has 0 saturated carbocycles. The van der Waals surface area contributed by atoms with Gasteiger partial charge in [-0.15, -0.1) is 0 Å². The third-order valence-electron chi connectivity index (χ3n) is 2.79. The monoisotopic (exact) mass is 290 g/mol. The fourth-order valence-electron chi connectivity index (χ4n) is 1.83. The Bertz CT molecular complexity index is 563. The third kappa shape index (κ3) is 5.19. The molecule has 21 heavy (non-hydrogen) atoms. The highest BCUT2D eigenvalue weighted by Gasteiger charge is 2.13. The molecule has 2 N–H and O–H groups in total. The van der Waals surface area contributed by atoms with Crippen molar-refractivity contribution in [1.29, 1.82) is 0 Å². The number of benzene rings is 2. The van der Waals surface area contributed by atoms with Gasteiger partial charge in [0.15, 0.2) is 0 Å². The van der Waals surface area contributed by atoms with E-state index in [1.54, 1.807) is 0 Å². The molecule has 0 amide bonds. The van der Waals surface area contributed by atoms with Crippen molar-refractivity contribution in [3.63, 3.8) is 0 Å². The Morgan fingerprint density at radius 2 is 1.76 bits per heavy atom. The number of halogens is 1. The summed E-state index contributed by atoms with van der Waals surface area (Å²) in [5.74, 6) is 0.234. The SMILES string of the molecule is OB(O)c1cc(F)cc(COCCOc2ccccc2)c1. The minimum absolute atomic E-state index is 0.106. The Morgan fingerprint density at radius 1 is 1.00 bits per heavy atom. The predicted molar refractivity (Wildman–Crippen MR) is 77.8 cm³/mol. The summed E-state index contributed by atoms with van der Waals surface area (Å²) in [4.78, 5) is 0. The van der Waals surface area contributed by atoms with Gasteiger partial charge in [-0.25, -0.2) is 4.39 Å². The molecule has 0 saturated heterocycles. The number of para-hydroxylation sites is 1. The van der Waals surface area contributed by atoms with Crippen LogP contribution in [0.2, 0.25) is 0 Å². The van der Waals surface area contributed by atoms with Crippen molar-refractivity contribution in [2.45, 2.75) is 6.61 Å². The summed E-state index contributed by atoms with van der Waals surface area (Å²) >= 11 is 0. The smallest absolute Gasteiger partial charge is 0.488 e. The molecule has 2 aromatic carbocycles. The first-order valence-corrected chi connectivity index (χ1v) is 6.56. The van der Waals surface area contributed by atoms with Gasteiger partial charge in [-0.1, -0.05) is 24.3 Å². The molecule has 0 atom stereocenters. The summed E-state index contributed by atoms with van der Waals surface area (Å²) in [5.41, 5.74) is 0.645. The number of hydrogen-bond acceptors (Lipinski definition) is 4. The minimum Gasteiger partial charge on any atom is -0.491 e. The standard InChI is InChI=1S/C15H16BFO4/c17-14-9-12(8-13(10-14)16(18)19)11-20-6-7-21-15-4-2-1-3-5-15/h1-5,8-10,18-19H,6-7,11H2. The van der Waals surface area contributed by atoms with Crippen molar-refractivity contribution in [3.05, 3.63) is 59.9 Å². The van der Waals surface area contributed by atoms with Gasteiger partial charge in [0.25, 0.3) is 0 Å². The molecule has 0 bridgehead atoms. The molecular weight excluding hydrogens is 274 g/mol. The fraction of sp³-hybridized carbons (Fsp3) is 0.200. The molecule has 0 spiro atoms. The Kier molecular flexibility index (Phi) is 5.74. The zero-order valence-electron chi connectivity index (χ0n) is 11.4. The molecule has 0 aliphatic rings. The van der Waals surface area contributed by atoms with E-state index in [1.165, 1.54) is 12.1 Å². The lowest BCUT2D eigenvalue weighted by Gasteiger charge is -2.08. The molecule has 2 rings (SSSR count). The van der Waals surface area contributed by atoms with Crippen LogP contribution in [-0.4, -0.2) is 30.4 Å². The van der Waals surface area contributed by atoms with Crippen LogP contribution in [0.3, 0.4) is 0 Å². The van der Waals surface area contributed by atoms with E-state index < -0.39 is 12.9 Å². The summed E-state index contributed by atoms with van der Waals surface area (Å²) in [6, 6.07) is 13.2. The highest BCUT2D eigenvalue weighted by atomic mass is 19.1. The van der Waals surface area contributed by atoms with Crippen LogP contribution in [0.5, 0.6) is 5.75 Å². The van der Waals surface area contributed by atoms with Crippen molar-refractivity contribution in [2.24, 2.45) is 0 Å². The zero-order chi connectivity index (χ0) is 15.1. The first kappa shape index (κ1) is 15.5. The summed E-state index contributed by atoms with van der Waals surface area (Å²) < 4.78 is 24.1. The maximum Gasteiger partial charge on any atom is 0.488 e. The quantitative estimate of drug-likeness (QED) is 0.592. The second-order valence-electron chi connectivity index (χ2n) is 4.48. The Labute approximate surface area is 122 Å². The number of hydrogen-bond donors (Lipinski definition) is 2. The van der Waals surface area contributed by atoms with Crippen molar-refractivity contribution >= 4 is 12.6 Å². The van der Waals surface area contributed by atoms with Gasteiger partial charge in [0, 0.05) is 0 Å². The van der Waals surface area contributed by atoms with E-state index in [2.05, 4.69) is 0 Å². The second-order valence-corrected chi connectivity index (χ2v) is 4.48. The van der Waals surface area contributed by atoms with Gasteiger partial charge in [0.05, 0.1) is 13.2 Å². The van der Waals surface area contributed by atoms with Gasteiger partial charge in [0.1, 0.15) is 18.2 Å². The van der Waals surface area contributed by atoms with Crippen molar-refractivity contribution in [3.8, 4) is 5.75 Å². The van der Waals surface area contributed by atoms with Crippen LogP contribution in [-0.2, 0) is 11.3 Å². The van der Waals surface area contributed by atoms with Crippen molar-refractivity contribution < 1.29 is 23.9 Å². The van der Waals surface area contributed by atoms with Crippen LogP contribution in [0, 0.1) is 5.82 Å². The lowest BCUT2D eigenvalue weighted by molar-refractivity contribution is 0.0888. The topological polar surface area (TPSA) is 58.9 Å². The van der Waals surface area contributed by atoms with Gasteiger partial charge in [-0.2, -0.15) is 0 Å². The molecule has 2 aromatic rings. The lowest BCUT2D eigenvalue weighted by atomic mass is 9.79. The molecule has 0 heterocycles. The molecule has 110 valence electrons. The molecule has 4 nitrogen and oxygen atoms in total. The third-order valence-corrected chi connectivity index (χ3v) is 2.79. The average molecular weight is 290 g/mol. The maximum absolute atomic E-state index is 13.3. The van der Waals surface area contributed by atoms with E-state index in [1.807, 2.05) is 30.3 Å². The van der Waals surface area contributed by atoms with Crippen LogP contribution >= 0.6 is 0 Å². The van der Waals surface area contributed by atoms with E-state index in [0.29, 0.717) is 18.8 Å². The molecule has 0 fully saturated rings. The van der Waals surface area contributed by atoms with Crippen molar-refractivity contribution in [2.75, 3.05) is 13.2 Å². The lowest BCUT2D eigenvalue weighted by Crippen LogP contribution is -2.30. The Hall–Kier alpha value is -1.89. The van der Waals surface area contributed by atoms with E-state index in [9.17, 15) is 4.39 Å². The number of ether oxygens (including phenoxy) is 2. The summed E-state index contributed by atoms with van der Waals surface area (Å²) in [5, 5.41) is 18.1. The van der Waals surface area contributed by atoms with Gasteiger partial charge < -0.3 is 19.5 Å². The zero-order valence-corrected chi connectivity index (χ0v) is 11.4. The van der Waals surface area contributed by atoms with E-state index in [-0.39, 0.29) is 12.1 Å². The van der Waals surface area contributed by atoms with Crippen LogP contribution in [0.25, 0.3) is 0 Å². The molecule has 0 aliphatic heterocycles. The minimum atomic E-state index is -1.69. The summed E-state index contributed by atoms with van der Waals surface area (Å²) in [6.45, 7) is 0.910. The molecule has 0 aliphatic carbocycles. The highest BCUT2D eigenvalue weighted by Crippen LogP contribution is 2.08. The molecule has 0 aromatic heterocycles. The fourth-order valence-corrected chi connectivity index (χ4v) is 1.83. The Balaban J connectivity index is 1.76. The first-order chi connectivity index (χ1) is 10.1. The second kappa shape index (κ2) is 7.78. The van der Waals surface area contributed by atoms with Crippen LogP contribution < -0.4 is 10.2 Å². The Morgan fingerprint density at radius 3 is 2.48 bits per heavy atom. The predicted octanol–water partition coefficient (Wildman–Crippen LogP) is 1.10. The first-order valence-electron chi connectivity index (χ1n) is 6.56. The molecule has 0 radical (unpaired) electrons. The van der Waals surface area contributed by atoms with Gasteiger partial charge in [-0.3, -0.25) is 0 Å². The number of rotatable bonds is 7. The highest BCUT2D eigenvalue weighted by molar-refractivity contribution is 6.58. The van der Waals surface area contributed by atoms with Gasteiger partial charge in [0.2, 0.25) is 0 Å². The van der Waals surface area contributed by atoms with E-state index in [4.69, 9.17) is 19.5 Å².